The smallest absolute Gasteiger partial charge is 0.160 e. The molecular weight excluding hydrogens is 156 g/mol. The fourth-order valence-corrected chi connectivity index (χ4v) is 0.977. The van der Waals surface area contributed by atoms with E-state index in [4.69, 9.17) is 4.74 Å². The van der Waals surface area contributed by atoms with E-state index in [0.717, 1.165) is 5.56 Å². The van der Waals surface area contributed by atoms with E-state index < -0.39 is 0 Å². The van der Waals surface area contributed by atoms with Crippen LogP contribution in [0.25, 0.3) is 0 Å². The number of aromatic hydroxyl groups is 1. The van der Waals surface area contributed by atoms with Crippen LogP contribution in [-0.2, 0) is 0 Å². The number of carbonyl (C=O) groups is 1. The summed E-state index contributed by atoms with van der Waals surface area (Å²) in [6, 6.07) is 3.01. The Balaban J connectivity index is 3.25. The maximum absolute atomic E-state index is 10.4. The van der Waals surface area contributed by atoms with Crippen molar-refractivity contribution in [2.75, 3.05) is 7.11 Å². The Morgan fingerprint density at radius 3 is 2.67 bits per heavy atom. The lowest BCUT2D eigenvalue weighted by Gasteiger charge is -2.05. The van der Waals surface area contributed by atoms with Crippen molar-refractivity contribution < 1.29 is 14.6 Å². The molecule has 0 unspecified atom stereocenters. The second kappa shape index (κ2) is 3.26. The van der Waals surface area contributed by atoms with Crippen LogP contribution in [0.15, 0.2) is 12.1 Å². The zero-order valence-electron chi connectivity index (χ0n) is 7.00. The van der Waals surface area contributed by atoms with E-state index in [1.807, 2.05) is 0 Å². The molecular formula is C9H10O3. The highest BCUT2D eigenvalue weighted by Gasteiger charge is 2.05. The second-order valence-corrected chi connectivity index (χ2v) is 2.50. The topological polar surface area (TPSA) is 46.5 Å². The molecule has 0 aromatic heterocycles. The van der Waals surface area contributed by atoms with E-state index in [-0.39, 0.29) is 5.75 Å². The third-order valence-electron chi connectivity index (χ3n) is 1.69. The molecule has 64 valence electrons. The molecule has 3 heteroatoms. The number of rotatable bonds is 2. The van der Waals surface area contributed by atoms with Crippen LogP contribution in [0.1, 0.15) is 15.9 Å². The highest BCUT2D eigenvalue weighted by atomic mass is 16.5. The normalized spacial score (nSPS) is 9.50. The van der Waals surface area contributed by atoms with Crippen molar-refractivity contribution in [1.29, 1.82) is 0 Å². The SMILES string of the molecule is COc1cc(C)c(C=O)cc1O. The fourth-order valence-electron chi connectivity index (χ4n) is 0.977. The van der Waals surface area contributed by atoms with Gasteiger partial charge in [-0.05, 0) is 24.6 Å². The van der Waals surface area contributed by atoms with Gasteiger partial charge in [0.05, 0.1) is 7.11 Å². The minimum atomic E-state index is -0.00907. The average molecular weight is 166 g/mol. The number of phenolic OH excluding ortho intramolecular Hbond substituents is 1. The number of benzene rings is 1. The van der Waals surface area contributed by atoms with E-state index in [0.29, 0.717) is 17.6 Å². The molecule has 0 heterocycles. The number of aryl methyl sites for hydroxylation is 1. The Kier molecular flexibility index (Phi) is 2.33. The molecule has 0 atom stereocenters. The lowest BCUT2D eigenvalue weighted by atomic mass is 10.1. The largest absolute Gasteiger partial charge is 0.504 e. The number of aldehydes is 1. The molecule has 0 spiro atoms. The zero-order chi connectivity index (χ0) is 9.14. The van der Waals surface area contributed by atoms with Gasteiger partial charge in [0, 0.05) is 5.56 Å². The van der Waals surface area contributed by atoms with E-state index in [9.17, 15) is 9.90 Å². The first kappa shape index (κ1) is 8.59. The van der Waals surface area contributed by atoms with E-state index in [1.165, 1.54) is 13.2 Å². The van der Waals surface area contributed by atoms with Gasteiger partial charge in [-0.15, -0.1) is 0 Å². The summed E-state index contributed by atoms with van der Waals surface area (Å²) in [6.07, 6.45) is 0.703. The van der Waals surface area contributed by atoms with Crippen LogP contribution >= 0.6 is 0 Å². The van der Waals surface area contributed by atoms with Crippen LogP contribution in [0, 0.1) is 6.92 Å². The Morgan fingerprint density at radius 1 is 1.50 bits per heavy atom. The maximum Gasteiger partial charge on any atom is 0.160 e. The van der Waals surface area contributed by atoms with Crippen LogP contribution in [0.2, 0.25) is 0 Å². The first-order chi connectivity index (χ1) is 5.69. The van der Waals surface area contributed by atoms with Gasteiger partial charge >= 0.3 is 0 Å². The van der Waals surface area contributed by atoms with Crippen molar-refractivity contribution in [2.24, 2.45) is 0 Å². The molecule has 0 saturated heterocycles. The lowest BCUT2D eigenvalue weighted by molar-refractivity contribution is 0.112. The molecule has 1 aromatic carbocycles. The maximum atomic E-state index is 10.4. The van der Waals surface area contributed by atoms with Crippen LogP contribution in [-0.4, -0.2) is 18.5 Å². The van der Waals surface area contributed by atoms with Crippen molar-refractivity contribution >= 4 is 6.29 Å². The van der Waals surface area contributed by atoms with Gasteiger partial charge in [-0.1, -0.05) is 0 Å². The van der Waals surface area contributed by atoms with Crippen molar-refractivity contribution in [3.8, 4) is 11.5 Å². The Bertz CT molecular complexity index is 305. The van der Waals surface area contributed by atoms with Crippen LogP contribution < -0.4 is 4.74 Å². The van der Waals surface area contributed by atoms with Crippen molar-refractivity contribution in [2.45, 2.75) is 6.92 Å². The number of methoxy groups -OCH3 is 1. The first-order valence-electron chi connectivity index (χ1n) is 3.52. The Morgan fingerprint density at radius 2 is 2.17 bits per heavy atom. The summed E-state index contributed by atoms with van der Waals surface area (Å²) < 4.78 is 4.86. The molecule has 1 rings (SSSR count). The summed E-state index contributed by atoms with van der Waals surface area (Å²) in [5.41, 5.74) is 1.27. The fraction of sp³-hybridized carbons (Fsp3) is 0.222. The summed E-state index contributed by atoms with van der Waals surface area (Å²) in [5, 5.41) is 9.26. The van der Waals surface area contributed by atoms with Gasteiger partial charge in [-0.25, -0.2) is 0 Å². The predicted molar refractivity (Wildman–Crippen MR) is 44.8 cm³/mol. The number of carbonyl (C=O) groups excluding carboxylic acids is 1. The summed E-state index contributed by atoms with van der Waals surface area (Å²) in [7, 11) is 1.47. The molecule has 0 fully saturated rings. The quantitative estimate of drug-likeness (QED) is 0.677. The van der Waals surface area contributed by atoms with Crippen molar-refractivity contribution in [3.63, 3.8) is 0 Å². The third-order valence-corrected chi connectivity index (χ3v) is 1.69. The van der Waals surface area contributed by atoms with E-state index in [1.54, 1.807) is 13.0 Å². The number of hydrogen-bond acceptors (Lipinski definition) is 3. The zero-order valence-corrected chi connectivity index (χ0v) is 7.00. The Hall–Kier alpha value is -1.51. The van der Waals surface area contributed by atoms with Gasteiger partial charge in [-0.3, -0.25) is 4.79 Å². The minimum absolute atomic E-state index is 0.00907. The number of phenols is 1. The molecule has 0 bridgehead atoms. The monoisotopic (exact) mass is 166 g/mol. The molecule has 3 nitrogen and oxygen atoms in total. The predicted octanol–water partition coefficient (Wildman–Crippen LogP) is 1.52. The molecule has 12 heavy (non-hydrogen) atoms. The van der Waals surface area contributed by atoms with Crippen LogP contribution in [0.3, 0.4) is 0 Å². The highest BCUT2D eigenvalue weighted by molar-refractivity contribution is 5.78. The minimum Gasteiger partial charge on any atom is -0.504 e. The van der Waals surface area contributed by atoms with Gasteiger partial charge < -0.3 is 9.84 Å². The van der Waals surface area contributed by atoms with Gasteiger partial charge in [0.25, 0.3) is 0 Å². The molecule has 0 saturated carbocycles. The number of hydrogen-bond donors (Lipinski definition) is 1. The van der Waals surface area contributed by atoms with Gasteiger partial charge in [0.15, 0.2) is 11.5 Å². The molecule has 0 aliphatic rings. The Labute approximate surface area is 70.6 Å². The van der Waals surface area contributed by atoms with Crippen molar-refractivity contribution in [3.05, 3.63) is 23.3 Å². The summed E-state index contributed by atoms with van der Waals surface area (Å²) in [4.78, 5) is 10.4. The van der Waals surface area contributed by atoms with Gasteiger partial charge in [0.2, 0.25) is 0 Å². The molecule has 0 aliphatic carbocycles. The molecule has 0 amide bonds. The standard InChI is InChI=1S/C9H10O3/c1-6-3-9(12-2)8(11)4-7(6)5-10/h3-5,11H,1-2H3. The third kappa shape index (κ3) is 1.39. The molecule has 0 radical (unpaired) electrons. The highest BCUT2D eigenvalue weighted by Crippen LogP contribution is 2.28. The molecule has 1 aromatic rings. The summed E-state index contributed by atoms with van der Waals surface area (Å²) >= 11 is 0. The van der Waals surface area contributed by atoms with Gasteiger partial charge in [0.1, 0.15) is 6.29 Å². The summed E-state index contributed by atoms with van der Waals surface area (Å²) in [6.45, 7) is 1.78. The van der Waals surface area contributed by atoms with Crippen LogP contribution in [0.5, 0.6) is 11.5 Å². The number of ether oxygens (including phenoxy) is 1. The molecule has 1 N–H and O–H groups in total. The van der Waals surface area contributed by atoms with Gasteiger partial charge in [-0.2, -0.15) is 0 Å². The van der Waals surface area contributed by atoms with Crippen molar-refractivity contribution in [1.82, 2.24) is 0 Å². The summed E-state index contributed by atoms with van der Waals surface area (Å²) in [5.74, 6) is 0.378. The van der Waals surface area contributed by atoms with E-state index in [2.05, 4.69) is 0 Å². The second-order valence-electron chi connectivity index (χ2n) is 2.50. The van der Waals surface area contributed by atoms with E-state index >= 15 is 0 Å². The average Bonchev–Trinajstić information content (AvgIpc) is 2.08. The lowest BCUT2D eigenvalue weighted by Crippen LogP contribution is -1.89. The molecule has 0 aliphatic heterocycles. The van der Waals surface area contributed by atoms with Crippen LogP contribution in [0.4, 0.5) is 0 Å². The first-order valence-corrected chi connectivity index (χ1v) is 3.52.